The monoisotopic (exact) mass is 432 g/mol. The standard InChI is InChI=1S/C19H15F3N6OS/c1-29-16-14(9-28(27-16)11-19(20,21)22)26-18-23-8-7-13(25-18)15-10-30-17(24-15)12-5-3-2-4-6-12/h2-10H,11H2,1H3,(H,23,25,26). The second kappa shape index (κ2) is 8.11. The van der Waals surface area contributed by atoms with Gasteiger partial charge < -0.3 is 10.1 Å². The number of halogens is 3. The van der Waals surface area contributed by atoms with Crippen molar-refractivity contribution in [2.75, 3.05) is 12.4 Å². The van der Waals surface area contributed by atoms with Crippen LogP contribution in [-0.4, -0.2) is 38.0 Å². The van der Waals surface area contributed by atoms with Gasteiger partial charge in [0.2, 0.25) is 5.95 Å². The number of methoxy groups -OCH3 is 1. The molecule has 0 saturated carbocycles. The molecule has 1 N–H and O–H groups in total. The third-order valence-electron chi connectivity index (χ3n) is 3.95. The summed E-state index contributed by atoms with van der Waals surface area (Å²) in [5.41, 5.74) is 2.47. The summed E-state index contributed by atoms with van der Waals surface area (Å²) in [6.07, 6.45) is -1.66. The van der Waals surface area contributed by atoms with Gasteiger partial charge in [0.05, 0.1) is 19.0 Å². The SMILES string of the molecule is COc1nn(CC(F)(F)F)cc1Nc1nccc(-c2csc(-c3ccccc3)n2)n1. The van der Waals surface area contributed by atoms with Crippen molar-refractivity contribution >= 4 is 23.0 Å². The van der Waals surface area contributed by atoms with Crippen LogP contribution >= 0.6 is 11.3 Å². The average molecular weight is 432 g/mol. The molecule has 0 aliphatic rings. The summed E-state index contributed by atoms with van der Waals surface area (Å²) in [7, 11) is 1.32. The Morgan fingerprint density at radius 3 is 2.63 bits per heavy atom. The lowest BCUT2D eigenvalue weighted by molar-refractivity contribution is -0.142. The van der Waals surface area contributed by atoms with Crippen LogP contribution in [0, 0.1) is 0 Å². The van der Waals surface area contributed by atoms with Crippen molar-refractivity contribution in [1.82, 2.24) is 24.7 Å². The van der Waals surface area contributed by atoms with Gasteiger partial charge >= 0.3 is 6.18 Å². The van der Waals surface area contributed by atoms with Gasteiger partial charge in [-0.3, -0.25) is 4.68 Å². The maximum atomic E-state index is 12.6. The van der Waals surface area contributed by atoms with Crippen molar-refractivity contribution in [3.05, 3.63) is 54.2 Å². The lowest BCUT2D eigenvalue weighted by atomic mass is 10.2. The summed E-state index contributed by atoms with van der Waals surface area (Å²) < 4.78 is 43.7. The topological polar surface area (TPSA) is 77.8 Å². The number of hydrogen-bond donors (Lipinski definition) is 1. The quantitative estimate of drug-likeness (QED) is 0.473. The van der Waals surface area contributed by atoms with Crippen molar-refractivity contribution in [3.8, 4) is 27.8 Å². The van der Waals surface area contributed by atoms with Crippen LogP contribution in [0.5, 0.6) is 5.88 Å². The molecule has 1 aromatic carbocycles. The van der Waals surface area contributed by atoms with Crippen LogP contribution in [0.1, 0.15) is 0 Å². The number of ether oxygens (including phenoxy) is 1. The molecule has 3 heterocycles. The molecule has 0 saturated heterocycles. The molecular formula is C19H15F3N6OS. The molecule has 4 rings (SSSR count). The molecule has 11 heteroatoms. The largest absolute Gasteiger partial charge is 0.478 e. The van der Waals surface area contributed by atoms with Crippen LogP contribution in [0.4, 0.5) is 24.8 Å². The summed E-state index contributed by atoms with van der Waals surface area (Å²) in [6.45, 7) is -1.23. The predicted octanol–water partition coefficient (Wildman–Crippen LogP) is 4.78. The van der Waals surface area contributed by atoms with Gasteiger partial charge in [-0.1, -0.05) is 30.3 Å². The molecule has 0 bridgehead atoms. The van der Waals surface area contributed by atoms with E-state index in [1.807, 2.05) is 35.7 Å². The van der Waals surface area contributed by atoms with Gasteiger partial charge in [0.1, 0.15) is 22.9 Å². The highest BCUT2D eigenvalue weighted by Gasteiger charge is 2.29. The fraction of sp³-hybridized carbons (Fsp3) is 0.158. The number of nitrogens with one attached hydrogen (secondary N) is 1. The Labute approximate surface area is 173 Å². The second-order valence-corrected chi connectivity index (χ2v) is 7.02. The highest BCUT2D eigenvalue weighted by Crippen LogP contribution is 2.30. The van der Waals surface area contributed by atoms with E-state index >= 15 is 0 Å². The van der Waals surface area contributed by atoms with E-state index in [0.29, 0.717) is 11.4 Å². The maximum Gasteiger partial charge on any atom is 0.408 e. The number of hydrogen-bond acceptors (Lipinski definition) is 7. The highest BCUT2D eigenvalue weighted by atomic mass is 32.1. The van der Waals surface area contributed by atoms with E-state index in [4.69, 9.17) is 4.74 Å². The van der Waals surface area contributed by atoms with Crippen LogP contribution in [-0.2, 0) is 6.54 Å². The Hall–Kier alpha value is -3.47. The van der Waals surface area contributed by atoms with E-state index in [0.717, 1.165) is 15.3 Å². The smallest absolute Gasteiger partial charge is 0.408 e. The van der Waals surface area contributed by atoms with E-state index in [1.54, 1.807) is 12.3 Å². The zero-order valence-corrected chi connectivity index (χ0v) is 16.4. The lowest BCUT2D eigenvalue weighted by Crippen LogP contribution is -2.17. The first-order valence-electron chi connectivity index (χ1n) is 8.71. The molecule has 0 aliphatic carbocycles. The summed E-state index contributed by atoms with van der Waals surface area (Å²) in [6, 6.07) is 11.5. The number of thiazole rings is 1. The molecule has 7 nitrogen and oxygen atoms in total. The fourth-order valence-electron chi connectivity index (χ4n) is 2.69. The Morgan fingerprint density at radius 2 is 1.90 bits per heavy atom. The lowest BCUT2D eigenvalue weighted by Gasteiger charge is -2.05. The molecule has 3 aromatic heterocycles. The van der Waals surface area contributed by atoms with E-state index in [2.05, 4.69) is 25.4 Å². The summed E-state index contributed by atoms with van der Waals surface area (Å²) in [5.74, 6) is 0.194. The molecule has 0 amide bonds. The van der Waals surface area contributed by atoms with E-state index < -0.39 is 12.7 Å². The first kappa shape index (κ1) is 19.8. The molecule has 30 heavy (non-hydrogen) atoms. The minimum Gasteiger partial charge on any atom is -0.478 e. The predicted molar refractivity (Wildman–Crippen MR) is 107 cm³/mol. The summed E-state index contributed by atoms with van der Waals surface area (Å²) >= 11 is 1.49. The third-order valence-corrected chi connectivity index (χ3v) is 4.84. The molecule has 0 aliphatic heterocycles. The van der Waals surface area contributed by atoms with E-state index in [9.17, 15) is 13.2 Å². The Kier molecular flexibility index (Phi) is 5.36. The normalized spacial score (nSPS) is 11.5. The molecule has 0 spiro atoms. The van der Waals surface area contributed by atoms with Crippen LogP contribution in [0.25, 0.3) is 22.0 Å². The van der Waals surface area contributed by atoms with Crippen LogP contribution in [0.2, 0.25) is 0 Å². The van der Waals surface area contributed by atoms with Gasteiger partial charge in [0.15, 0.2) is 0 Å². The third kappa shape index (κ3) is 4.57. The number of nitrogens with zero attached hydrogens (tertiary/aromatic N) is 5. The zero-order valence-electron chi connectivity index (χ0n) is 15.6. The number of aromatic nitrogens is 5. The highest BCUT2D eigenvalue weighted by molar-refractivity contribution is 7.13. The Balaban J connectivity index is 1.57. The Morgan fingerprint density at radius 1 is 1.10 bits per heavy atom. The zero-order chi connectivity index (χ0) is 21.1. The molecular weight excluding hydrogens is 417 g/mol. The first-order chi connectivity index (χ1) is 14.4. The Bertz CT molecular complexity index is 1140. The number of anilines is 2. The second-order valence-electron chi connectivity index (χ2n) is 6.16. The van der Waals surface area contributed by atoms with Crippen molar-refractivity contribution in [2.45, 2.75) is 12.7 Å². The minimum atomic E-state index is -4.40. The van der Waals surface area contributed by atoms with Crippen molar-refractivity contribution in [3.63, 3.8) is 0 Å². The van der Waals surface area contributed by atoms with Gasteiger partial charge in [-0.25, -0.2) is 15.0 Å². The van der Waals surface area contributed by atoms with Crippen molar-refractivity contribution < 1.29 is 17.9 Å². The summed E-state index contributed by atoms with van der Waals surface area (Å²) in [4.78, 5) is 13.1. The number of rotatable bonds is 6. The van der Waals surface area contributed by atoms with Gasteiger partial charge in [0.25, 0.3) is 5.88 Å². The molecule has 0 unspecified atom stereocenters. The van der Waals surface area contributed by atoms with Gasteiger partial charge in [-0.05, 0) is 6.07 Å². The fourth-order valence-corrected chi connectivity index (χ4v) is 3.51. The average Bonchev–Trinajstić information content (AvgIpc) is 3.35. The molecule has 0 atom stereocenters. The van der Waals surface area contributed by atoms with Gasteiger partial charge in [-0.2, -0.15) is 13.2 Å². The van der Waals surface area contributed by atoms with Crippen molar-refractivity contribution in [2.24, 2.45) is 0 Å². The van der Waals surface area contributed by atoms with Gasteiger partial charge in [-0.15, -0.1) is 16.4 Å². The molecule has 154 valence electrons. The van der Waals surface area contributed by atoms with Crippen LogP contribution in [0.15, 0.2) is 54.2 Å². The number of benzene rings is 1. The minimum absolute atomic E-state index is 0.00766. The molecule has 4 aromatic rings. The van der Waals surface area contributed by atoms with Crippen LogP contribution in [0.3, 0.4) is 0 Å². The van der Waals surface area contributed by atoms with Crippen molar-refractivity contribution in [1.29, 1.82) is 0 Å². The summed E-state index contributed by atoms with van der Waals surface area (Å²) in [5, 5.41) is 9.37. The molecule has 0 fully saturated rings. The van der Waals surface area contributed by atoms with E-state index in [1.165, 1.54) is 24.6 Å². The van der Waals surface area contributed by atoms with Gasteiger partial charge in [0, 0.05) is 17.1 Å². The van der Waals surface area contributed by atoms with E-state index in [-0.39, 0.29) is 17.5 Å². The number of alkyl halides is 3. The molecule has 0 radical (unpaired) electrons. The van der Waals surface area contributed by atoms with Crippen LogP contribution < -0.4 is 10.1 Å². The maximum absolute atomic E-state index is 12.6. The first-order valence-corrected chi connectivity index (χ1v) is 9.59.